The first kappa shape index (κ1) is 13.0. The van der Waals surface area contributed by atoms with Crippen molar-refractivity contribution in [2.24, 2.45) is 7.05 Å². The second-order valence-corrected chi connectivity index (χ2v) is 6.31. The standard InChI is InChI=1S/C11H8BrN5O2S/c1-17-5-4-6(16-17)10-14-15-11(19-10)13-9(18)7-2-3-8(12)20-7/h2-5H,1H3,(H,13,15,18). The molecule has 1 amide bonds. The molecule has 0 atom stereocenters. The molecular weight excluding hydrogens is 346 g/mol. The summed E-state index contributed by atoms with van der Waals surface area (Å²) in [7, 11) is 1.79. The summed E-state index contributed by atoms with van der Waals surface area (Å²) >= 11 is 4.62. The predicted octanol–water partition coefficient (Wildman–Crippen LogP) is 2.55. The Morgan fingerprint density at radius 1 is 1.40 bits per heavy atom. The van der Waals surface area contributed by atoms with Gasteiger partial charge in [-0.15, -0.1) is 16.4 Å². The van der Waals surface area contributed by atoms with Crippen LogP contribution >= 0.6 is 27.3 Å². The van der Waals surface area contributed by atoms with Crippen LogP contribution in [-0.4, -0.2) is 25.9 Å². The third kappa shape index (κ3) is 2.63. The van der Waals surface area contributed by atoms with Crippen molar-refractivity contribution in [2.75, 3.05) is 5.32 Å². The molecule has 0 aliphatic heterocycles. The van der Waals surface area contributed by atoms with Crippen LogP contribution in [0.5, 0.6) is 0 Å². The summed E-state index contributed by atoms with van der Waals surface area (Å²) in [4.78, 5) is 12.5. The summed E-state index contributed by atoms with van der Waals surface area (Å²) in [5.74, 6) is -0.0369. The number of hydrogen-bond donors (Lipinski definition) is 1. The number of nitrogens with zero attached hydrogens (tertiary/aromatic N) is 4. The van der Waals surface area contributed by atoms with Crippen LogP contribution in [0, 0.1) is 0 Å². The maximum absolute atomic E-state index is 11.9. The Labute approximate surface area is 125 Å². The number of aromatic nitrogens is 4. The molecule has 3 aromatic heterocycles. The summed E-state index contributed by atoms with van der Waals surface area (Å²) < 4.78 is 7.85. The maximum Gasteiger partial charge on any atom is 0.322 e. The number of amides is 1. The molecule has 7 nitrogen and oxygen atoms in total. The monoisotopic (exact) mass is 353 g/mol. The van der Waals surface area contributed by atoms with Crippen LogP contribution in [0.25, 0.3) is 11.6 Å². The normalized spacial score (nSPS) is 10.7. The Hall–Kier alpha value is -2.00. The second kappa shape index (κ2) is 5.17. The van der Waals surface area contributed by atoms with Crippen molar-refractivity contribution in [3.63, 3.8) is 0 Å². The molecule has 0 aliphatic rings. The van der Waals surface area contributed by atoms with Gasteiger partial charge in [0.1, 0.15) is 5.69 Å². The number of halogens is 1. The Bertz CT molecular complexity index is 762. The van der Waals surface area contributed by atoms with E-state index in [0.29, 0.717) is 10.6 Å². The van der Waals surface area contributed by atoms with Gasteiger partial charge in [-0.3, -0.25) is 14.8 Å². The average Bonchev–Trinajstić information content (AvgIpc) is 3.10. The molecule has 0 aliphatic carbocycles. The molecule has 20 heavy (non-hydrogen) atoms. The van der Waals surface area contributed by atoms with E-state index in [1.807, 2.05) is 0 Å². The molecule has 3 heterocycles. The van der Waals surface area contributed by atoms with Crippen LogP contribution in [0.2, 0.25) is 0 Å². The third-order valence-corrected chi connectivity index (χ3v) is 4.00. The summed E-state index contributed by atoms with van der Waals surface area (Å²) in [6.45, 7) is 0. The van der Waals surface area contributed by atoms with E-state index in [1.54, 1.807) is 36.1 Å². The lowest BCUT2D eigenvalue weighted by atomic mass is 10.4. The molecule has 0 saturated heterocycles. The van der Waals surface area contributed by atoms with Gasteiger partial charge < -0.3 is 4.42 Å². The highest BCUT2D eigenvalue weighted by atomic mass is 79.9. The van der Waals surface area contributed by atoms with Gasteiger partial charge >= 0.3 is 6.01 Å². The number of hydrogen-bond acceptors (Lipinski definition) is 6. The van der Waals surface area contributed by atoms with E-state index >= 15 is 0 Å². The lowest BCUT2D eigenvalue weighted by molar-refractivity contribution is 0.102. The second-order valence-electron chi connectivity index (χ2n) is 3.84. The van der Waals surface area contributed by atoms with Crippen LogP contribution < -0.4 is 5.32 Å². The minimum absolute atomic E-state index is 0.0418. The first-order valence-electron chi connectivity index (χ1n) is 5.52. The van der Waals surface area contributed by atoms with E-state index in [-0.39, 0.29) is 17.8 Å². The molecule has 102 valence electrons. The number of aryl methyl sites for hydroxylation is 1. The first-order valence-corrected chi connectivity index (χ1v) is 7.13. The Morgan fingerprint density at radius 2 is 2.25 bits per heavy atom. The van der Waals surface area contributed by atoms with E-state index in [9.17, 15) is 4.79 Å². The molecular formula is C11H8BrN5O2S. The van der Waals surface area contributed by atoms with Gasteiger partial charge in [0.2, 0.25) is 0 Å². The van der Waals surface area contributed by atoms with Gasteiger partial charge in [-0.1, -0.05) is 5.10 Å². The Balaban J connectivity index is 1.76. The fourth-order valence-corrected chi connectivity index (χ4v) is 2.78. The molecule has 0 spiro atoms. The zero-order valence-electron chi connectivity index (χ0n) is 10.2. The van der Waals surface area contributed by atoms with Crippen molar-refractivity contribution in [3.8, 4) is 11.6 Å². The number of rotatable bonds is 3. The molecule has 1 N–H and O–H groups in total. The zero-order valence-corrected chi connectivity index (χ0v) is 12.6. The molecule has 0 fully saturated rings. The maximum atomic E-state index is 11.9. The van der Waals surface area contributed by atoms with E-state index in [1.165, 1.54) is 11.3 Å². The fourth-order valence-electron chi connectivity index (χ4n) is 1.50. The van der Waals surface area contributed by atoms with Crippen LogP contribution in [0.4, 0.5) is 6.01 Å². The highest BCUT2D eigenvalue weighted by Crippen LogP contribution is 2.23. The van der Waals surface area contributed by atoms with E-state index in [0.717, 1.165) is 3.79 Å². The molecule has 0 bridgehead atoms. The van der Waals surface area contributed by atoms with Crippen molar-refractivity contribution in [2.45, 2.75) is 0 Å². The predicted molar refractivity (Wildman–Crippen MR) is 76.5 cm³/mol. The molecule has 0 radical (unpaired) electrons. The third-order valence-electron chi connectivity index (χ3n) is 2.38. The SMILES string of the molecule is Cn1ccc(-c2nnc(NC(=O)c3ccc(Br)s3)o2)n1. The van der Waals surface area contributed by atoms with Gasteiger partial charge in [0.25, 0.3) is 11.8 Å². The molecule has 0 saturated carbocycles. The zero-order chi connectivity index (χ0) is 14.1. The Morgan fingerprint density at radius 3 is 2.90 bits per heavy atom. The quantitative estimate of drug-likeness (QED) is 0.781. The fraction of sp³-hybridized carbons (Fsp3) is 0.0909. The van der Waals surface area contributed by atoms with Gasteiger partial charge in [0.15, 0.2) is 0 Å². The number of carbonyl (C=O) groups is 1. The van der Waals surface area contributed by atoms with E-state index in [2.05, 4.69) is 36.5 Å². The number of carbonyl (C=O) groups excluding carboxylic acids is 1. The molecule has 9 heteroatoms. The smallest absolute Gasteiger partial charge is 0.322 e. The van der Waals surface area contributed by atoms with Crippen molar-refractivity contribution >= 4 is 39.2 Å². The lowest BCUT2D eigenvalue weighted by Gasteiger charge is -1.95. The van der Waals surface area contributed by atoms with Gasteiger partial charge in [-0.2, -0.15) is 5.10 Å². The summed E-state index contributed by atoms with van der Waals surface area (Å²) in [6.07, 6.45) is 1.76. The molecule has 0 unspecified atom stereocenters. The van der Waals surface area contributed by atoms with Gasteiger partial charge in [-0.05, 0) is 34.1 Å². The minimum Gasteiger partial charge on any atom is -0.401 e. The van der Waals surface area contributed by atoms with Gasteiger partial charge in [-0.25, -0.2) is 0 Å². The van der Waals surface area contributed by atoms with E-state index in [4.69, 9.17) is 4.42 Å². The highest BCUT2D eigenvalue weighted by Gasteiger charge is 2.15. The average molecular weight is 354 g/mol. The van der Waals surface area contributed by atoms with Crippen molar-refractivity contribution < 1.29 is 9.21 Å². The Kier molecular flexibility index (Phi) is 3.36. The van der Waals surface area contributed by atoms with Crippen LogP contribution in [0.15, 0.2) is 32.6 Å². The van der Waals surface area contributed by atoms with Crippen molar-refractivity contribution in [1.82, 2.24) is 20.0 Å². The topological polar surface area (TPSA) is 85.8 Å². The van der Waals surface area contributed by atoms with Crippen molar-refractivity contribution in [1.29, 1.82) is 0 Å². The van der Waals surface area contributed by atoms with Crippen LogP contribution in [0.1, 0.15) is 9.67 Å². The summed E-state index contributed by atoms with van der Waals surface area (Å²) in [5, 5.41) is 14.3. The van der Waals surface area contributed by atoms with Gasteiger partial charge in [0, 0.05) is 13.2 Å². The molecule has 3 aromatic rings. The summed E-state index contributed by atoms with van der Waals surface area (Å²) in [6, 6.07) is 5.29. The number of nitrogens with one attached hydrogen (secondary N) is 1. The number of thiophene rings is 1. The highest BCUT2D eigenvalue weighted by molar-refractivity contribution is 9.11. The van der Waals surface area contributed by atoms with Crippen molar-refractivity contribution in [3.05, 3.63) is 33.1 Å². The van der Waals surface area contributed by atoms with Gasteiger partial charge in [0.05, 0.1) is 8.66 Å². The summed E-state index contributed by atoms with van der Waals surface area (Å²) in [5.41, 5.74) is 0.555. The van der Waals surface area contributed by atoms with Crippen LogP contribution in [-0.2, 0) is 7.05 Å². The molecule has 3 rings (SSSR count). The largest absolute Gasteiger partial charge is 0.401 e. The minimum atomic E-state index is -0.295. The first-order chi connectivity index (χ1) is 9.61. The molecule has 0 aromatic carbocycles. The van der Waals surface area contributed by atoms with Crippen LogP contribution in [0.3, 0.4) is 0 Å². The number of anilines is 1. The van der Waals surface area contributed by atoms with E-state index < -0.39 is 0 Å². The lowest BCUT2D eigenvalue weighted by Crippen LogP contribution is -2.10.